The van der Waals surface area contributed by atoms with Crippen LogP contribution in [-0.2, 0) is 21.1 Å². The van der Waals surface area contributed by atoms with Gasteiger partial charge in [-0.15, -0.1) is 0 Å². The number of carbonyl (C=O) groups excluding carboxylic acids is 1. The standard InChI is InChI=1S/C21H17ClO5S/c1-12-15(10-19(23)24)9-14-3-6-16(22)11-18(14)20(12)21(25)13-4-7-17(8-5-13)28(2,26)27/h3-9,11H,10H2,1-2H3,(H,23,24). The van der Waals surface area contributed by atoms with Gasteiger partial charge < -0.3 is 5.11 Å². The minimum Gasteiger partial charge on any atom is -0.481 e. The molecule has 0 aliphatic heterocycles. The van der Waals surface area contributed by atoms with Crippen LogP contribution in [0.2, 0.25) is 5.02 Å². The summed E-state index contributed by atoms with van der Waals surface area (Å²) in [7, 11) is -3.37. The van der Waals surface area contributed by atoms with Crippen LogP contribution in [0.15, 0.2) is 53.4 Å². The van der Waals surface area contributed by atoms with E-state index >= 15 is 0 Å². The Morgan fingerprint density at radius 2 is 1.68 bits per heavy atom. The maximum absolute atomic E-state index is 13.3. The molecular formula is C21H17ClO5S. The van der Waals surface area contributed by atoms with Crippen molar-refractivity contribution in [1.29, 1.82) is 0 Å². The molecule has 28 heavy (non-hydrogen) atoms. The smallest absolute Gasteiger partial charge is 0.307 e. The van der Waals surface area contributed by atoms with Gasteiger partial charge in [-0.1, -0.05) is 23.7 Å². The quantitative estimate of drug-likeness (QED) is 0.633. The van der Waals surface area contributed by atoms with Crippen LogP contribution in [0, 0.1) is 6.92 Å². The van der Waals surface area contributed by atoms with Crippen molar-refractivity contribution >= 4 is 44.0 Å². The van der Waals surface area contributed by atoms with Crippen LogP contribution in [0.1, 0.15) is 27.0 Å². The lowest BCUT2D eigenvalue weighted by Gasteiger charge is -2.14. The second-order valence-corrected chi connectivity index (χ2v) is 9.05. The van der Waals surface area contributed by atoms with Crippen molar-refractivity contribution in [2.75, 3.05) is 6.26 Å². The number of fused-ring (bicyclic) bond motifs is 1. The topological polar surface area (TPSA) is 88.5 Å². The van der Waals surface area contributed by atoms with Crippen LogP contribution in [0.4, 0.5) is 0 Å². The molecule has 0 spiro atoms. The molecule has 0 aliphatic rings. The monoisotopic (exact) mass is 416 g/mol. The molecule has 3 rings (SSSR count). The molecule has 3 aromatic rings. The van der Waals surface area contributed by atoms with Gasteiger partial charge in [-0.2, -0.15) is 0 Å². The largest absolute Gasteiger partial charge is 0.481 e. The molecular weight excluding hydrogens is 400 g/mol. The summed E-state index contributed by atoms with van der Waals surface area (Å²) in [6, 6.07) is 12.5. The number of carbonyl (C=O) groups is 2. The number of sulfone groups is 1. The maximum Gasteiger partial charge on any atom is 0.307 e. The highest BCUT2D eigenvalue weighted by Gasteiger charge is 2.20. The van der Waals surface area contributed by atoms with E-state index in [4.69, 9.17) is 11.6 Å². The zero-order valence-corrected chi connectivity index (χ0v) is 16.8. The molecule has 3 aromatic carbocycles. The summed E-state index contributed by atoms with van der Waals surface area (Å²) in [6.45, 7) is 1.71. The lowest BCUT2D eigenvalue weighted by molar-refractivity contribution is -0.136. The molecule has 144 valence electrons. The first kappa shape index (κ1) is 20.0. The third-order valence-electron chi connectivity index (χ3n) is 4.58. The highest BCUT2D eigenvalue weighted by Crippen LogP contribution is 2.30. The zero-order valence-electron chi connectivity index (χ0n) is 15.2. The molecule has 0 aliphatic carbocycles. The zero-order chi connectivity index (χ0) is 20.6. The first-order chi connectivity index (χ1) is 13.1. The summed E-state index contributed by atoms with van der Waals surface area (Å²) in [5.41, 5.74) is 1.78. The van der Waals surface area contributed by atoms with Crippen molar-refractivity contribution in [3.63, 3.8) is 0 Å². The summed E-state index contributed by atoms with van der Waals surface area (Å²) in [4.78, 5) is 24.6. The Morgan fingerprint density at radius 3 is 2.25 bits per heavy atom. The Bertz CT molecular complexity index is 1210. The fourth-order valence-corrected chi connectivity index (χ4v) is 3.97. The van der Waals surface area contributed by atoms with Gasteiger partial charge in [0.25, 0.3) is 0 Å². The van der Waals surface area contributed by atoms with Gasteiger partial charge in [0, 0.05) is 22.4 Å². The number of halogens is 1. The number of carboxylic acids is 1. The predicted octanol–water partition coefficient (Wildman–Crippen LogP) is 4.06. The van der Waals surface area contributed by atoms with Gasteiger partial charge >= 0.3 is 5.97 Å². The second kappa shape index (κ2) is 7.37. The van der Waals surface area contributed by atoms with E-state index in [0.29, 0.717) is 38.0 Å². The van der Waals surface area contributed by atoms with E-state index < -0.39 is 15.8 Å². The number of aliphatic carboxylic acids is 1. The van der Waals surface area contributed by atoms with Crippen molar-refractivity contribution in [2.45, 2.75) is 18.2 Å². The first-order valence-corrected chi connectivity index (χ1v) is 10.6. The van der Waals surface area contributed by atoms with E-state index in [0.717, 1.165) is 6.26 Å². The van der Waals surface area contributed by atoms with Crippen LogP contribution in [0.5, 0.6) is 0 Å². The van der Waals surface area contributed by atoms with Gasteiger partial charge in [-0.25, -0.2) is 8.42 Å². The molecule has 0 saturated heterocycles. The SMILES string of the molecule is Cc1c(CC(=O)O)cc2ccc(Cl)cc2c1C(=O)c1ccc(S(C)(=O)=O)cc1. The fourth-order valence-electron chi connectivity index (χ4n) is 3.17. The van der Waals surface area contributed by atoms with E-state index in [9.17, 15) is 23.1 Å². The van der Waals surface area contributed by atoms with Gasteiger partial charge in [0.1, 0.15) is 0 Å². The fraction of sp³-hybridized carbons (Fsp3) is 0.143. The predicted molar refractivity (Wildman–Crippen MR) is 108 cm³/mol. The molecule has 0 saturated carbocycles. The molecule has 7 heteroatoms. The molecule has 0 atom stereocenters. The molecule has 5 nitrogen and oxygen atoms in total. The van der Waals surface area contributed by atoms with Crippen molar-refractivity contribution in [2.24, 2.45) is 0 Å². The molecule has 0 fully saturated rings. The van der Waals surface area contributed by atoms with E-state index in [1.807, 2.05) is 0 Å². The lowest BCUT2D eigenvalue weighted by Crippen LogP contribution is -2.10. The number of carboxylic acid groups (broad SMARTS) is 1. The summed E-state index contributed by atoms with van der Waals surface area (Å²) in [5, 5.41) is 11.0. The highest BCUT2D eigenvalue weighted by atomic mass is 35.5. The van der Waals surface area contributed by atoms with Gasteiger partial charge in [-0.3, -0.25) is 9.59 Å². The number of benzene rings is 3. The molecule has 1 N–H and O–H groups in total. The normalized spacial score (nSPS) is 11.5. The van der Waals surface area contributed by atoms with Gasteiger partial charge in [0.05, 0.1) is 11.3 Å². The van der Waals surface area contributed by atoms with Gasteiger partial charge in [0.15, 0.2) is 15.6 Å². The molecule has 0 amide bonds. The highest BCUT2D eigenvalue weighted by molar-refractivity contribution is 7.90. The van der Waals surface area contributed by atoms with Gasteiger partial charge in [-0.05, 0) is 65.2 Å². The Kier molecular flexibility index (Phi) is 5.28. The van der Waals surface area contributed by atoms with Gasteiger partial charge in [0.2, 0.25) is 0 Å². The van der Waals surface area contributed by atoms with Crippen molar-refractivity contribution in [3.8, 4) is 0 Å². The Balaban J connectivity index is 2.22. The summed E-state index contributed by atoms with van der Waals surface area (Å²) >= 11 is 6.12. The summed E-state index contributed by atoms with van der Waals surface area (Å²) < 4.78 is 23.3. The van der Waals surface area contributed by atoms with Crippen LogP contribution in [0.3, 0.4) is 0 Å². The number of ketones is 1. The summed E-state index contributed by atoms with van der Waals surface area (Å²) in [5.74, 6) is -1.32. The third kappa shape index (κ3) is 3.93. The number of rotatable bonds is 5. The first-order valence-electron chi connectivity index (χ1n) is 8.36. The van der Waals surface area contributed by atoms with E-state index in [1.54, 1.807) is 31.2 Å². The van der Waals surface area contributed by atoms with Crippen LogP contribution in [0.25, 0.3) is 10.8 Å². The van der Waals surface area contributed by atoms with Crippen LogP contribution < -0.4 is 0 Å². The van der Waals surface area contributed by atoms with Crippen molar-refractivity contribution < 1.29 is 23.1 Å². The van der Waals surface area contributed by atoms with Crippen LogP contribution >= 0.6 is 11.6 Å². The number of hydrogen-bond acceptors (Lipinski definition) is 4. The lowest BCUT2D eigenvalue weighted by atomic mass is 9.89. The summed E-state index contributed by atoms with van der Waals surface area (Å²) in [6.07, 6.45) is 0.885. The molecule has 0 aromatic heterocycles. The van der Waals surface area contributed by atoms with E-state index in [-0.39, 0.29) is 17.1 Å². The van der Waals surface area contributed by atoms with E-state index in [1.165, 1.54) is 24.3 Å². The minimum absolute atomic E-state index is 0.119. The molecule has 0 bridgehead atoms. The third-order valence-corrected chi connectivity index (χ3v) is 5.95. The van der Waals surface area contributed by atoms with Crippen LogP contribution in [-0.4, -0.2) is 31.5 Å². The average Bonchev–Trinajstić information content (AvgIpc) is 2.61. The number of hydrogen-bond donors (Lipinski definition) is 1. The van der Waals surface area contributed by atoms with E-state index in [2.05, 4.69) is 0 Å². The Labute approximate surface area is 167 Å². The molecule has 0 heterocycles. The minimum atomic E-state index is -3.37. The van der Waals surface area contributed by atoms with Crippen molar-refractivity contribution in [1.82, 2.24) is 0 Å². The molecule has 0 radical (unpaired) electrons. The second-order valence-electron chi connectivity index (χ2n) is 6.60. The average molecular weight is 417 g/mol. The Hall–Kier alpha value is -2.70. The Morgan fingerprint density at radius 1 is 1.04 bits per heavy atom. The maximum atomic E-state index is 13.3. The van der Waals surface area contributed by atoms with Crippen molar-refractivity contribution in [3.05, 3.63) is 75.8 Å². The molecule has 0 unspecified atom stereocenters.